The highest BCUT2D eigenvalue weighted by atomic mass is 16.2. The molecule has 0 saturated carbocycles. The molecule has 1 heterocycles. The van der Waals surface area contributed by atoms with E-state index in [9.17, 15) is 9.59 Å². The van der Waals surface area contributed by atoms with E-state index in [-0.39, 0.29) is 17.3 Å². The first kappa shape index (κ1) is 19.1. The minimum atomic E-state index is -0.434. The Bertz CT molecular complexity index is 1190. The Morgan fingerprint density at radius 2 is 1.83 bits per heavy atom. The van der Waals surface area contributed by atoms with Crippen LogP contribution in [-0.4, -0.2) is 21.4 Å². The molecule has 0 fully saturated rings. The van der Waals surface area contributed by atoms with E-state index in [0.29, 0.717) is 10.8 Å². The van der Waals surface area contributed by atoms with Gasteiger partial charge in [0.25, 0.3) is 11.5 Å². The lowest BCUT2D eigenvalue weighted by Gasteiger charge is -2.12. The van der Waals surface area contributed by atoms with Crippen molar-refractivity contribution >= 4 is 22.4 Å². The third-order valence-corrected chi connectivity index (χ3v) is 5.37. The number of benzene rings is 2. The molecule has 1 aliphatic rings. The van der Waals surface area contributed by atoms with Gasteiger partial charge in [-0.15, -0.1) is 0 Å². The molecule has 6 nitrogen and oxygen atoms in total. The number of carbonyl (C=O) groups excluding carboxylic acids is 1. The lowest BCUT2D eigenvalue weighted by molar-refractivity contribution is 0.0949. The predicted molar refractivity (Wildman–Crippen MR) is 115 cm³/mol. The lowest BCUT2D eigenvalue weighted by atomic mass is 10.0. The number of rotatable bonds is 4. The van der Waals surface area contributed by atoms with Gasteiger partial charge in [0.15, 0.2) is 5.69 Å². The monoisotopic (exact) mass is 388 g/mol. The van der Waals surface area contributed by atoms with E-state index in [1.54, 1.807) is 24.3 Å². The Balaban J connectivity index is 1.66. The summed E-state index contributed by atoms with van der Waals surface area (Å²) in [6.45, 7) is 5.60. The maximum absolute atomic E-state index is 12.9. The topological polar surface area (TPSA) is 76.3 Å². The van der Waals surface area contributed by atoms with Crippen molar-refractivity contribution in [2.45, 2.75) is 46.1 Å². The fraction of sp³-hybridized carbons (Fsp3) is 0.304. The van der Waals surface area contributed by atoms with E-state index in [4.69, 9.17) is 0 Å². The van der Waals surface area contributed by atoms with Crippen LogP contribution in [0.3, 0.4) is 0 Å². The molecule has 0 spiro atoms. The number of fused-ring (bicyclic) bond motifs is 2. The van der Waals surface area contributed by atoms with E-state index in [2.05, 4.69) is 27.8 Å². The van der Waals surface area contributed by atoms with Crippen LogP contribution < -0.4 is 11.0 Å². The number of aromatic nitrogens is 2. The smallest absolute Gasteiger partial charge is 0.267 e. The Hall–Kier alpha value is -3.28. The van der Waals surface area contributed by atoms with E-state index < -0.39 is 5.91 Å². The Labute approximate surface area is 169 Å². The number of amides is 1. The predicted octanol–water partition coefficient (Wildman–Crippen LogP) is 3.62. The molecule has 1 aromatic heterocycles. The van der Waals surface area contributed by atoms with Crippen LogP contribution in [0.25, 0.3) is 10.8 Å². The van der Waals surface area contributed by atoms with Crippen molar-refractivity contribution in [3.63, 3.8) is 0 Å². The first-order chi connectivity index (χ1) is 14.0. The van der Waals surface area contributed by atoms with E-state index >= 15 is 0 Å². The van der Waals surface area contributed by atoms with Crippen molar-refractivity contribution in [3.05, 3.63) is 75.2 Å². The maximum Gasteiger partial charge on any atom is 0.292 e. The van der Waals surface area contributed by atoms with Crippen molar-refractivity contribution in [1.29, 1.82) is 0 Å². The van der Waals surface area contributed by atoms with Crippen LogP contribution in [0.5, 0.6) is 0 Å². The summed E-state index contributed by atoms with van der Waals surface area (Å²) in [4.78, 5) is 25.5. The molecule has 2 aromatic carbocycles. The molecule has 0 bridgehead atoms. The van der Waals surface area contributed by atoms with Crippen LogP contribution >= 0.6 is 0 Å². The van der Waals surface area contributed by atoms with Crippen LogP contribution in [0.2, 0.25) is 0 Å². The van der Waals surface area contributed by atoms with E-state index in [1.165, 1.54) is 22.2 Å². The fourth-order valence-corrected chi connectivity index (χ4v) is 3.77. The van der Waals surface area contributed by atoms with Gasteiger partial charge in [0.1, 0.15) is 0 Å². The van der Waals surface area contributed by atoms with Crippen molar-refractivity contribution in [2.24, 2.45) is 5.10 Å². The summed E-state index contributed by atoms with van der Waals surface area (Å²) < 4.78 is 1.34. The summed E-state index contributed by atoms with van der Waals surface area (Å²) in [5, 5.41) is 9.61. The summed E-state index contributed by atoms with van der Waals surface area (Å²) >= 11 is 0. The number of hydrogen-bond acceptors (Lipinski definition) is 4. The van der Waals surface area contributed by atoms with E-state index in [0.717, 1.165) is 24.1 Å². The molecule has 0 aliphatic heterocycles. The van der Waals surface area contributed by atoms with Crippen LogP contribution in [0.1, 0.15) is 60.4 Å². The zero-order valence-electron chi connectivity index (χ0n) is 16.9. The molecule has 1 aliphatic carbocycles. The quantitative estimate of drug-likeness (QED) is 0.548. The maximum atomic E-state index is 12.9. The normalized spacial score (nSPS) is 13.7. The third-order valence-electron chi connectivity index (χ3n) is 5.37. The summed E-state index contributed by atoms with van der Waals surface area (Å²) in [5.41, 5.74) is 7.09. The standard InChI is InChI=1S/C23H24N4O2/c1-14(2)27-23(29)20-10-5-4-9-19(20)21(26-27)22(28)25-24-15(3)17-12-11-16-7-6-8-18(16)13-17/h4-5,9-14H,6-8H2,1-3H3,(H,25,28)/b24-15-. The zero-order chi connectivity index (χ0) is 20.5. The number of aryl methyl sites for hydroxylation is 2. The van der Waals surface area contributed by atoms with Gasteiger partial charge in [-0.2, -0.15) is 10.2 Å². The Kier molecular flexibility index (Phi) is 5.01. The van der Waals surface area contributed by atoms with Gasteiger partial charge >= 0.3 is 0 Å². The molecule has 3 aromatic rings. The van der Waals surface area contributed by atoms with E-state index in [1.807, 2.05) is 26.8 Å². The lowest BCUT2D eigenvalue weighted by Crippen LogP contribution is -2.30. The van der Waals surface area contributed by atoms with Gasteiger partial charge in [-0.25, -0.2) is 10.1 Å². The third kappa shape index (κ3) is 3.58. The first-order valence-corrected chi connectivity index (χ1v) is 9.94. The van der Waals surface area contributed by atoms with Crippen LogP contribution in [0.15, 0.2) is 52.4 Å². The molecular formula is C23H24N4O2. The SMILES string of the molecule is C/C(=N/NC(=O)c1nn(C(C)C)c(=O)c2ccccc12)c1ccc2c(c1)CCC2. The van der Waals surface area contributed by atoms with Crippen LogP contribution in [-0.2, 0) is 12.8 Å². The molecule has 0 radical (unpaired) electrons. The first-order valence-electron chi connectivity index (χ1n) is 9.94. The minimum Gasteiger partial charge on any atom is -0.267 e. The number of nitrogens with one attached hydrogen (secondary N) is 1. The highest BCUT2D eigenvalue weighted by Crippen LogP contribution is 2.23. The molecule has 4 rings (SSSR count). The second kappa shape index (κ2) is 7.62. The average molecular weight is 388 g/mol. The van der Waals surface area contributed by atoms with Crippen LogP contribution in [0, 0.1) is 0 Å². The molecular weight excluding hydrogens is 364 g/mol. The Morgan fingerprint density at radius 3 is 2.59 bits per heavy atom. The summed E-state index contributed by atoms with van der Waals surface area (Å²) in [7, 11) is 0. The number of carbonyl (C=O) groups is 1. The van der Waals surface area contributed by atoms with Crippen molar-refractivity contribution in [3.8, 4) is 0 Å². The second-order valence-corrected chi connectivity index (χ2v) is 7.71. The fourth-order valence-electron chi connectivity index (χ4n) is 3.77. The van der Waals surface area contributed by atoms with Gasteiger partial charge in [-0.1, -0.05) is 30.3 Å². The highest BCUT2D eigenvalue weighted by molar-refractivity contribution is 6.06. The van der Waals surface area contributed by atoms with Gasteiger partial charge < -0.3 is 0 Å². The molecule has 0 unspecified atom stereocenters. The molecule has 1 N–H and O–H groups in total. The largest absolute Gasteiger partial charge is 0.292 e. The zero-order valence-corrected chi connectivity index (χ0v) is 16.9. The average Bonchev–Trinajstić information content (AvgIpc) is 3.20. The minimum absolute atomic E-state index is 0.157. The summed E-state index contributed by atoms with van der Waals surface area (Å²) in [6.07, 6.45) is 3.42. The number of hydrogen-bond donors (Lipinski definition) is 1. The number of nitrogens with zero attached hydrogens (tertiary/aromatic N) is 3. The highest BCUT2D eigenvalue weighted by Gasteiger charge is 2.18. The Morgan fingerprint density at radius 1 is 1.10 bits per heavy atom. The van der Waals surface area contributed by atoms with Gasteiger partial charge in [-0.3, -0.25) is 9.59 Å². The summed E-state index contributed by atoms with van der Waals surface area (Å²) in [5.74, 6) is -0.434. The molecule has 29 heavy (non-hydrogen) atoms. The molecule has 1 amide bonds. The molecule has 6 heteroatoms. The van der Waals surface area contributed by atoms with Crippen molar-refractivity contribution in [1.82, 2.24) is 15.2 Å². The van der Waals surface area contributed by atoms with Crippen LogP contribution in [0.4, 0.5) is 0 Å². The molecule has 0 atom stereocenters. The second-order valence-electron chi connectivity index (χ2n) is 7.71. The van der Waals surface area contributed by atoms with Crippen molar-refractivity contribution < 1.29 is 4.79 Å². The van der Waals surface area contributed by atoms with Gasteiger partial charge in [0.2, 0.25) is 0 Å². The molecule has 148 valence electrons. The van der Waals surface area contributed by atoms with Crippen molar-refractivity contribution in [2.75, 3.05) is 0 Å². The van der Waals surface area contributed by atoms with Gasteiger partial charge in [0.05, 0.1) is 17.1 Å². The van der Waals surface area contributed by atoms with Gasteiger partial charge in [-0.05, 0) is 68.9 Å². The molecule has 0 saturated heterocycles. The van der Waals surface area contributed by atoms with Gasteiger partial charge in [0, 0.05) is 5.39 Å². The number of hydrazone groups is 1. The summed E-state index contributed by atoms with van der Waals surface area (Å²) in [6, 6.07) is 13.2.